The van der Waals surface area contributed by atoms with Gasteiger partial charge in [0.15, 0.2) is 0 Å². The summed E-state index contributed by atoms with van der Waals surface area (Å²) in [7, 11) is -3.56. The predicted molar refractivity (Wildman–Crippen MR) is 122 cm³/mol. The van der Waals surface area contributed by atoms with Crippen LogP contribution in [0.15, 0.2) is 90.1 Å². The first kappa shape index (κ1) is 21.6. The van der Waals surface area contributed by atoms with Crippen molar-refractivity contribution >= 4 is 10.0 Å². The SMILES string of the molecule is O=S(=O)(NC[C@H](c1cccnc1)N1CCN(Cc2ccccc2)CC1)c1ccccc1. The third kappa shape index (κ3) is 5.77. The molecule has 0 aliphatic carbocycles. The fraction of sp³-hybridized carbons (Fsp3) is 0.292. The molecule has 7 heteroatoms. The lowest BCUT2D eigenvalue weighted by molar-refractivity contribution is 0.0927. The molecule has 2 aromatic carbocycles. The van der Waals surface area contributed by atoms with Crippen LogP contribution in [0.3, 0.4) is 0 Å². The number of aromatic nitrogens is 1. The van der Waals surface area contributed by atoms with Gasteiger partial charge < -0.3 is 0 Å². The number of hydrogen-bond donors (Lipinski definition) is 1. The van der Waals surface area contributed by atoms with Gasteiger partial charge in [-0.2, -0.15) is 0 Å². The predicted octanol–water partition coefficient (Wildman–Crippen LogP) is 2.92. The highest BCUT2D eigenvalue weighted by molar-refractivity contribution is 7.89. The maximum Gasteiger partial charge on any atom is 0.240 e. The lowest BCUT2D eigenvalue weighted by Gasteiger charge is -2.39. The van der Waals surface area contributed by atoms with Gasteiger partial charge in [-0.05, 0) is 29.3 Å². The Bertz CT molecular complexity index is 1040. The molecule has 0 unspecified atom stereocenters. The highest BCUT2D eigenvalue weighted by Gasteiger charge is 2.27. The van der Waals surface area contributed by atoms with Gasteiger partial charge in [0.05, 0.1) is 4.90 Å². The van der Waals surface area contributed by atoms with E-state index in [-0.39, 0.29) is 10.9 Å². The minimum absolute atomic E-state index is 0.0638. The van der Waals surface area contributed by atoms with Gasteiger partial charge in [0.1, 0.15) is 0 Å². The smallest absolute Gasteiger partial charge is 0.240 e. The number of hydrogen-bond acceptors (Lipinski definition) is 5. The van der Waals surface area contributed by atoms with E-state index in [1.165, 1.54) is 5.56 Å². The first-order valence-corrected chi connectivity index (χ1v) is 12.0. The molecule has 1 aliphatic rings. The number of nitrogens with one attached hydrogen (secondary N) is 1. The quantitative estimate of drug-likeness (QED) is 0.588. The summed E-state index contributed by atoms with van der Waals surface area (Å²) < 4.78 is 28.3. The Morgan fingerprint density at radius 1 is 0.871 bits per heavy atom. The molecule has 0 amide bonds. The molecule has 0 radical (unpaired) electrons. The van der Waals surface area contributed by atoms with Crippen LogP contribution in [0.1, 0.15) is 17.2 Å². The number of nitrogens with zero attached hydrogens (tertiary/aromatic N) is 3. The Balaban J connectivity index is 1.43. The van der Waals surface area contributed by atoms with Gasteiger partial charge in [0, 0.05) is 57.7 Å². The van der Waals surface area contributed by atoms with Crippen molar-refractivity contribution in [1.29, 1.82) is 0 Å². The van der Waals surface area contributed by atoms with E-state index in [1.807, 2.05) is 30.5 Å². The van der Waals surface area contributed by atoms with Crippen molar-refractivity contribution in [3.8, 4) is 0 Å². The summed E-state index contributed by atoms with van der Waals surface area (Å²) >= 11 is 0. The van der Waals surface area contributed by atoms with E-state index in [2.05, 4.69) is 43.8 Å². The van der Waals surface area contributed by atoms with Crippen LogP contribution in [0.25, 0.3) is 0 Å². The van der Waals surface area contributed by atoms with E-state index in [9.17, 15) is 8.42 Å². The summed E-state index contributed by atoms with van der Waals surface area (Å²) in [5.74, 6) is 0. The van der Waals surface area contributed by atoms with Gasteiger partial charge in [-0.3, -0.25) is 14.8 Å². The molecular weight excluding hydrogens is 408 g/mol. The average molecular weight is 437 g/mol. The fourth-order valence-electron chi connectivity index (χ4n) is 3.98. The zero-order valence-corrected chi connectivity index (χ0v) is 18.3. The topological polar surface area (TPSA) is 65.5 Å². The van der Waals surface area contributed by atoms with E-state index >= 15 is 0 Å². The van der Waals surface area contributed by atoms with E-state index in [1.54, 1.807) is 30.5 Å². The van der Waals surface area contributed by atoms with Crippen LogP contribution >= 0.6 is 0 Å². The van der Waals surface area contributed by atoms with Crippen LogP contribution in [-0.2, 0) is 16.6 Å². The summed E-state index contributed by atoms with van der Waals surface area (Å²) in [6, 6.07) is 22.9. The zero-order chi connectivity index (χ0) is 21.5. The van der Waals surface area contributed by atoms with Gasteiger partial charge in [-0.1, -0.05) is 54.6 Å². The summed E-state index contributed by atoms with van der Waals surface area (Å²) in [6.07, 6.45) is 3.57. The highest BCUT2D eigenvalue weighted by Crippen LogP contribution is 2.22. The molecule has 1 saturated heterocycles. The lowest BCUT2D eigenvalue weighted by atomic mass is 10.1. The Morgan fingerprint density at radius 3 is 2.19 bits per heavy atom. The molecule has 1 aliphatic heterocycles. The second-order valence-electron chi connectivity index (χ2n) is 7.76. The zero-order valence-electron chi connectivity index (χ0n) is 17.5. The second kappa shape index (κ2) is 10.2. The van der Waals surface area contributed by atoms with E-state index < -0.39 is 10.0 Å². The average Bonchev–Trinajstić information content (AvgIpc) is 2.82. The standard InChI is InChI=1S/C24H28N4O2S/c29-31(30,23-11-5-2-6-12-23)26-19-24(22-10-7-13-25-18-22)28-16-14-27(15-17-28)20-21-8-3-1-4-9-21/h1-13,18,24,26H,14-17,19-20H2/t24-/m1/s1. The third-order valence-electron chi connectivity index (χ3n) is 5.69. The van der Waals surface area contributed by atoms with Crippen molar-refractivity contribution in [3.05, 3.63) is 96.3 Å². The van der Waals surface area contributed by atoms with Crippen LogP contribution in [0.2, 0.25) is 0 Å². The molecule has 31 heavy (non-hydrogen) atoms. The van der Waals surface area contributed by atoms with Crippen molar-refractivity contribution in [2.75, 3.05) is 32.7 Å². The highest BCUT2D eigenvalue weighted by atomic mass is 32.2. The molecule has 0 spiro atoms. The molecule has 0 bridgehead atoms. The largest absolute Gasteiger partial charge is 0.297 e. The van der Waals surface area contributed by atoms with E-state index in [0.717, 1.165) is 38.3 Å². The normalized spacial score (nSPS) is 16.8. The summed E-state index contributed by atoms with van der Waals surface area (Å²) in [4.78, 5) is 9.34. The molecule has 0 saturated carbocycles. The Hall–Kier alpha value is -2.58. The maximum atomic E-state index is 12.8. The molecular formula is C24H28N4O2S. The minimum Gasteiger partial charge on any atom is -0.297 e. The van der Waals surface area contributed by atoms with E-state index in [0.29, 0.717) is 6.54 Å². The summed E-state index contributed by atoms with van der Waals surface area (Å²) in [5.41, 5.74) is 2.34. The van der Waals surface area contributed by atoms with Crippen LogP contribution < -0.4 is 4.72 Å². The minimum atomic E-state index is -3.56. The summed E-state index contributed by atoms with van der Waals surface area (Å²) in [5, 5.41) is 0. The van der Waals surface area contributed by atoms with Crippen molar-refractivity contribution in [2.45, 2.75) is 17.5 Å². The van der Waals surface area contributed by atoms with Crippen molar-refractivity contribution in [1.82, 2.24) is 19.5 Å². The second-order valence-corrected chi connectivity index (χ2v) is 9.53. The molecule has 6 nitrogen and oxygen atoms in total. The molecule has 1 fully saturated rings. The first-order valence-electron chi connectivity index (χ1n) is 10.6. The summed E-state index contributed by atoms with van der Waals surface area (Å²) in [6.45, 7) is 4.88. The third-order valence-corrected chi connectivity index (χ3v) is 7.13. The van der Waals surface area contributed by atoms with Crippen molar-refractivity contribution < 1.29 is 8.42 Å². The Morgan fingerprint density at radius 2 is 1.55 bits per heavy atom. The van der Waals surface area contributed by atoms with Crippen LogP contribution in [0, 0.1) is 0 Å². The maximum absolute atomic E-state index is 12.8. The van der Waals surface area contributed by atoms with E-state index in [4.69, 9.17) is 0 Å². The monoisotopic (exact) mass is 436 g/mol. The molecule has 4 rings (SSSR count). The lowest BCUT2D eigenvalue weighted by Crippen LogP contribution is -2.49. The number of benzene rings is 2. The van der Waals surface area contributed by atoms with Gasteiger partial charge >= 0.3 is 0 Å². The van der Waals surface area contributed by atoms with Crippen LogP contribution in [0.4, 0.5) is 0 Å². The number of rotatable bonds is 8. The van der Waals surface area contributed by atoms with Gasteiger partial charge in [-0.15, -0.1) is 0 Å². The van der Waals surface area contributed by atoms with Gasteiger partial charge in [0.2, 0.25) is 10.0 Å². The van der Waals surface area contributed by atoms with Gasteiger partial charge in [-0.25, -0.2) is 13.1 Å². The molecule has 2 heterocycles. The molecule has 1 aromatic heterocycles. The van der Waals surface area contributed by atoms with Gasteiger partial charge in [0.25, 0.3) is 0 Å². The van der Waals surface area contributed by atoms with Crippen molar-refractivity contribution in [3.63, 3.8) is 0 Å². The van der Waals surface area contributed by atoms with Crippen LogP contribution in [-0.4, -0.2) is 55.9 Å². The van der Waals surface area contributed by atoms with Crippen molar-refractivity contribution in [2.24, 2.45) is 0 Å². The molecule has 1 N–H and O–H groups in total. The number of piperazine rings is 1. The number of pyridine rings is 1. The molecule has 162 valence electrons. The fourth-order valence-corrected chi connectivity index (χ4v) is 5.04. The molecule has 3 aromatic rings. The van der Waals surface area contributed by atoms with Crippen LogP contribution in [0.5, 0.6) is 0 Å². The number of sulfonamides is 1. The molecule has 1 atom stereocenters. The Kier molecular flexibility index (Phi) is 7.09. The first-order chi connectivity index (χ1) is 15.1. The Labute approximate surface area is 184 Å².